The van der Waals surface area contributed by atoms with Gasteiger partial charge < -0.3 is 5.11 Å². The molecule has 1 aliphatic rings. The molecule has 1 atom stereocenters. The quantitative estimate of drug-likeness (QED) is 0.749. The Morgan fingerprint density at radius 1 is 1.12 bits per heavy atom. The molecule has 0 saturated heterocycles. The molecule has 0 spiro atoms. The lowest BCUT2D eigenvalue weighted by Crippen LogP contribution is -2.29. The third kappa shape index (κ3) is 1.99. The summed E-state index contributed by atoms with van der Waals surface area (Å²) < 4.78 is 0. The van der Waals surface area contributed by atoms with E-state index in [0.29, 0.717) is 0 Å². The van der Waals surface area contributed by atoms with Crippen LogP contribution in [0.4, 0.5) is 0 Å². The van der Waals surface area contributed by atoms with Crippen LogP contribution in [0.15, 0.2) is 30.3 Å². The van der Waals surface area contributed by atoms with Gasteiger partial charge in [0.2, 0.25) is 0 Å². The third-order valence-electron chi connectivity index (χ3n) is 3.67. The van der Waals surface area contributed by atoms with E-state index in [-0.39, 0.29) is 5.41 Å². The van der Waals surface area contributed by atoms with Crippen LogP contribution in [0.25, 0.3) is 0 Å². The van der Waals surface area contributed by atoms with Crippen molar-refractivity contribution in [3.8, 4) is 12.3 Å². The zero-order valence-corrected chi connectivity index (χ0v) is 9.52. The van der Waals surface area contributed by atoms with Crippen LogP contribution in [0.5, 0.6) is 0 Å². The Balaban J connectivity index is 2.25. The predicted octanol–water partition coefficient (Wildman–Crippen LogP) is 3.30. The Kier molecular flexibility index (Phi) is 3.31. The van der Waals surface area contributed by atoms with Crippen molar-refractivity contribution in [2.24, 2.45) is 5.41 Å². The summed E-state index contributed by atoms with van der Waals surface area (Å²) in [5.74, 6) is 2.87. The lowest BCUT2D eigenvalue weighted by atomic mass is 9.69. The lowest BCUT2D eigenvalue weighted by Gasteiger charge is -2.37. The minimum absolute atomic E-state index is 0.334. The van der Waals surface area contributed by atoms with E-state index in [9.17, 15) is 5.11 Å². The van der Waals surface area contributed by atoms with Crippen LogP contribution in [0.1, 0.15) is 43.8 Å². The van der Waals surface area contributed by atoms with Gasteiger partial charge in [-0.05, 0) is 18.4 Å². The highest BCUT2D eigenvalue weighted by molar-refractivity contribution is 5.24. The molecule has 0 aliphatic heterocycles. The normalized spacial score (nSPS) is 21.0. The maximum Gasteiger partial charge on any atom is 0.0955 e. The molecule has 1 aromatic carbocycles. The van der Waals surface area contributed by atoms with Gasteiger partial charge in [0, 0.05) is 0 Å². The van der Waals surface area contributed by atoms with Crippen molar-refractivity contribution in [1.29, 1.82) is 0 Å². The van der Waals surface area contributed by atoms with Gasteiger partial charge in [-0.25, -0.2) is 0 Å². The molecule has 1 aromatic rings. The highest BCUT2D eigenvalue weighted by atomic mass is 16.3. The van der Waals surface area contributed by atoms with E-state index in [1.807, 2.05) is 30.3 Å². The fraction of sp³-hybridized carbons (Fsp3) is 0.467. The number of hydrogen-bond donors (Lipinski definition) is 1. The molecule has 1 fully saturated rings. The Labute approximate surface area is 97.5 Å². The Hall–Kier alpha value is -1.26. The van der Waals surface area contributed by atoms with Crippen LogP contribution in [0, 0.1) is 17.8 Å². The van der Waals surface area contributed by atoms with Gasteiger partial charge in [0.25, 0.3) is 0 Å². The van der Waals surface area contributed by atoms with Crippen molar-refractivity contribution in [1.82, 2.24) is 0 Å². The van der Waals surface area contributed by atoms with Crippen LogP contribution in [0.2, 0.25) is 0 Å². The van der Waals surface area contributed by atoms with Crippen molar-refractivity contribution in [3.63, 3.8) is 0 Å². The summed E-state index contributed by atoms with van der Waals surface area (Å²) >= 11 is 0. The van der Waals surface area contributed by atoms with Gasteiger partial charge in [-0.2, -0.15) is 0 Å². The van der Waals surface area contributed by atoms with Crippen LogP contribution in [-0.4, -0.2) is 5.11 Å². The summed E-state index contributed by atoms with van der Waals surface area (Å²) in [5.41, 5.74) is 0.613. The zero-order valence-electron chi connectivity index (χ0n) is 9.52. The molecule has 1 nitrogen and oxygen atoms in total. The summed E-state index contributed by atoms with van der Waals surface area (Å²) in [6, 6.07) is 9.77. The summed E-state index contributed by atoms with van der Waals surface area (Å²) in [6.07, 6.45) is 10.5. The van der Waals surface area contributed by atoms with Gasteiger partial charge in [0.1, 0.15) is 0 Å². The van der Waals surface area contributed by atoms with Gasteiger partial charge in [-0.15, -0.1) is 6.42 Å². The van der Waals surface area contributed by atoms with Crippen molar-refractivity contribution in [3.05, 3.63) is 35.9 Å². The number of rotatable bonds is 2. The second-order valence-corrected chi connectivity index (χ2v) is 4.67. The number of hydrogen-bond acceptors (Lipinski definition) is 1. The smallest absolute Gasteiger partial charge is 0.0955 e. The van der Waals surface area contributed by atoms with Gasteiger partial charge >= 0.3 is 0 Å². The standard InChI is InChI=1S/C15H18O/c1-2-15(11-7-4-8-12-15)14(16)13-9-5-3-6-10-13/h1,3,5-6,9-10,14,16H,4,7-8,11-12H2. The average molecular weight is 214 g/mol. The molecule has 1 aliphatic carbocycles. The molecule has 16 heavy (non-hydrogen) atoms. The molecule has 84 valence electrons. The van der Waals surface area contributed by atoms with Crippen LogP contribution in [0.3, 0.4) is 0 Å². The summed E-state index contributed by atoms with van der Waals surface area (Å²) in [7, 11) is 0. The van der Waals surface area contributed by atoms with Crippen LogP contribution < -0.4 is 0 Å². The largest absolute Gasteiger partial charge is 0.387 e. The molecule has 1 heteroatoms. The first-order chi connectivity index (χ1) is 7.78. The van der Waals surface area contributed by atoms with Crippen molar-refractivity contribution >= 4 is 0 Å². The summed E-state index contributed by atoms with van der Waals surface area (Å²) in [4.78, 5) is 0. The third-order valence-corrected chi connectivity index (χ3v) is 3.67. The molecule has 2 rings (SSSR count). The highest BCUT2D eigenvalue weighted by Gasteiger charge is 2.37. The minimum Gasteiger partial charge on any atom is -0.387 e. The topological polar surface area (TPSA) is 20.2 Å². The second-order valence-electron chi connectivity index (χ2n) is 4.67. The fourth-order valence-corrected chi connectivity index (χ4v) is 2.63. The second kappa shape index (κ2) is 4.72. The van der Waals surface area contributed by atoms with E-state index in [1.54, 1.807) is 0 Å². The molecule has 0 radical (unpaired) electrons. The first-order valence-corrected chi connectivity index (χ1v) is 5.99. The van der Waals surface area contributed by atoms with Crippen LogP contribution >= 0.6 is 0 Å². The van der Waals surface area contributed by atoms with E-state index in [1.165, 1.54) is 6.42 Å². The molecule has 0 aromatic heterocycles. The fourth-order valence-electron chi connectivity index (χ4n) is 2.63. The summed E-state index contributed by atoms with van der Waals surface area (Å²) in [6.45, 7) is 0. The van der Waals surface area contributed by atoms with Gasteiger partial charge in [0.05, 0.1) is 11.5 Å². The zero-order chi connectivity index (χ0) is 11.4. The van der Waals surface area contributed by atoms with E-state index in [4.69, 9.17) is 6.42 Å². The number of aliphatic hydroxyl groups excluding tert-OH is 1. The summed E-state index contributed by atoms with van der Waals surface area (Å²) in [5, 5.41) is 10.5. The van der Waals surface area contributed by atoms with E-state index < -0.39 is 6.10 Å². The Morgan fingerprint density at radius 3 is 2.31 bits per heavy atom. The number of aliphatic hydroxyl groups is 1. The van der Waals surface area contributed by atoms with Crippen molar-refractivity contribution in [2.45, 2.75) is 38.2 Å². The van der Waals surface area contributed by atoms with E-state index >= 15 is 0 Å². The van der Waals surface area contributed by atoms with Crippen LogP contribution in [-0.2, 0) is 0 Å². The van der Waals surface area contributed by atoms with Gasteiger partial charge in [-0.1, -0.05) is 55.5 Å². The van der Waals surface area contributed by atoms with Crippen molar-refractivity contribution < 1.29 is 5.11 Å². The van der Waals surface area contributed by atoms with E-state index in [0.717, 1.165) is 31.2 Å². The Bertz CT molecular complexity index is 368. The van der Waals surface area contributed by atoms with Crippen molar-refractivity contribution in [2.75, 3.05) is 0 Å². The highest BCUT2D eigenvalue weighted by Crippen LogP contribution is 2.45. The molecular weight excluding hydrogens is 196 g/mol. The number of benzene rings is 1. The minimum atomic E-state index is -0.515. The maximum atomic E-state index is 10.5. The molecule has 0 heterocycles. The monoisotopic (exact) mass is 214 g/mol. The maximum absolute atomic E-state index is 10.5. The average Bonchev–Trinajstić information content (AvgIpc) is 2.39. The molecule has 1 unspecified atom stereocenters. The molecule has 0 bridgehead atoms. The molecule has 1 saturated carbocycles. The van der Waals surface area contributed by atoms with Gasteiger partial charge in [-0.3, -0.25) is 0 Å². The molecular formula is C15H18O. The predicted molar refractivity (Wildman–Crippen MR) is 65.8 cm³/mol. The van der Waals surface area contributed by atoms with E-state index in [2.05, 4.69) is 5.92 Å². The first-order valence-electron chi connectivity index (χ1n) is 5.99. The van der Waals surface area contributed by atoms with Gasteiger partial charge in [0.15, 0.2) is 0 Å². The SMILES string of the molecule is C#CC1(C(O)c2ccccc2)CCCCC1. The lowest BCUT2D eigenvalue weighted by molar-refractivity contribution is 0.0376. The molecule has 1 N–H and O–H groups in total. The Morgan fingerprint density at radius 2 is 1.75 bits per heavy atom. The first kappa shape index (κ1) is 11.2. The molecule has 0 amide bonds. The number of terminal acetylenes is 1.